The highest BCUT2D eigenvalue weighted by molar-refractivity contribution is 5.86. The van der Waals surface area contributed by atoms with Crippen molar-refractivity contribution in [2.24, 2.45) is 5.92 Å². The minimum absolute atomic E-state index is 0.677. The Labute approximate surface area is 257 Å². The Morgan fingerprint density at radius 2 is 1.26 bits per heavy atom. The number of fused-ring (bicyclic) bond motifs is 1. The van der Waals surface area contributed by atoms with Crippen molar-refractivity contribution >= 4 is 11.0 Å². The van der Waals surface area contributed by atoms with Crippen molar-refractivity contribution in [1.29, 1.82) is 0 Å². The Hall–Kier alpha value is -3.66. The minimum atomic E-state index is 0.677. The lowest BCUT2D eigenvalue weighted by atomic mass is 10.0. The predicted molar refractivity (Wildman–Crippen MR) is 187 cm³/mol. The Kier molecular flexibility index (Phi) is 17.5. The molecule has 4 rings (SSSR count). The van der Waals surface area contributed by atoms with Crippen LogP contribution in [0.15, 0.2) is 79.1 Å². The van der Waals surface area contributed by atoms with Gasteiger partial charge in [-0.15, -0.1) is 0 Å². The highest BCUT2D eigenvalue weighted by Crippen LogP contribution is 2.31. The van der Waals surface area contributed by atoms with Crippen LogP contribution in [0.2, 0.25) is 0 Å². The zero-order chi connectivity index (χ0) is 31.5. The van der Waals surface area contributed by atoms with Crippen LogP contribution in [0.1, 0.15) is 90.8 Å². The summed E-state index contributed by atoms with van der Waals surface area (Å²) in [6, 6.07) is 23.1. The van der Waals surface area contributed by atoms with Gasteiger partial charge in [0.2, 0.25) is 0 Å². The molecule has 4 aromatic rings. The van der Waals surface area contributed by atoms with Gasteiger partial charge in [0.15, 0.2) is 0 Å². The van der Waals surface area contributed by atoms with Crippen LogP contribution in [0.25, 0.3) is 33.5 Å². The third-order valence-corrected chi connectivity index (χ3v) is 6.93. The van der Waals surface area contributed by atoms with Gasteiger partial charge in [-0.2, -0.15) is 0 Å². The number of unbranched alkanes of at least 4 members (excludes halogenated alkanes) is 1. The third kappa shape index (κ3) is 11.7. The average molecular weight is 569 g/mol. The molecule has 1 unspecified atom stereocenters. The number of benzene rings is 3. The first-order valence-electron chi connectivity index (χ1n) is 15.9. The summed E-state index contributed by atoms with van der Waals surface area (Å²) in [4.78, 5) is 10.1. The first-order chi connectivity index (χ1) is 20.3. The van der Waals surface area contributed by atoms with E-state index in [-0.39, 0.29) is 0 Å². The van der Waals surface area contributed by atoms with Crippen LogP contribution in [0.5, 0.6) is 0 Å². The van der Waals surface area contributed by atoms with Crippen LogP contribution in [-0.4, -0.2) is 17.0 Å². The van der Waals surface area contributed by atoms with Crippen molar-refractivity contribution in [3.63, 3.8) is 0 Å². The van der Waals surface area contributed by atoms with Gasteiger partial charge in [-0.25, -0.2) is 9.97 Å². The zero-order valence-electron chi connectivity index (χ0n) is 28.1. The lowest BCUT2D eigenvalue weighted by Crippen LogP contribution is -2.21. The molecule has 0 aliphatic heterocycles. The number of rotatable bonds is 10. The number of nitrogens with one attached hydrogen (secondary N) is 2. The smallest absolute Gasteiger partial charge is 0.0973 e. The van der Waals surface area contributed by atoms with Crippen LogP contribution in [0.4, 0.5) is 0 Å². The lowest BCUT2D eigenvalue weighted by molar-refractivity contribution is 0.492. The average Bonchev–Trinajstić information content (AvgIpc) is 3.04. The van der Waals surface area contributed by atoms with E-state index in [0.29, 0.717) is 6.54 Å². The molecular weight excluding hydrogens is 512 g/mol. The molecule has 1 heterocycles. The van der Waals surface area contributed by atoms with Gasteiger partial charge in [0.1, 0.15) is 0 Å². The molecule has 0 fully saturated rings. The molecule has 4 nitrogen and oxygen atoms in total. The standard InChI is InChI=1S/C26H26N4.C8H18.2C2H6/c1-17-5-10-21(11-6-17)25-26(22-12-7-18(2)8-13-22)30-24-15-20(9-14-23(24)29-25)16-28-19(3)27-4;1-4-6-7-8(3)5-2;2*1-2/h5-15,27-28H,3,16H2,1-2,4H3;8H,4-7H2,1-3H3;2*1-2H3. The van der Waals surface area contributed by atoms with Crippen molar-refractivity contribution in [1.82, 2.24) is 20.6 Å². The molecule has 1 aromatic heterocycles. The maximum atomic E-state index is 5.05. The second-order valence-electron chi connectivity index (χ2n) is 10.2. The molecule has 0 amide bonds. The maximum absolute atomic E-state index is 5.05. The van der Waals surface area contributed by atoms with Crippen LogP contribution >= 0.6 is 0 Å². The van der Waals surface area contributed by atoms with Crippen LogP contribution in [0.3, 0.4) is 0 Å². The van der Waals surface area contributed by atoms with Gasteiger partial charge in [-0.1, -0.05) is 146 Å². The normalized spacial score (nSPS) is 10.6. The van der Waals surface area contributed by atoms with Gasteiger partial charge in [-0.05, 0) is 37.5 Å². The van der Waals surface area contributed by atoms with Crippen LogP contribution < -0.4 is 10.6 Å². The molecule has 0 saturated carbocycles. The molecule has 228 valence electrons. The summed E-state index contributed by atoms with van der Waals surface area (Å²) in [6.07, 6.45) is 5.53. The molecule has 2 N–H and O–H groups in total. The van der Waals surface area contributed by atoms with E-state index in [1.807, 2.05) is 40.8 Å². The van der Waals surface area contributed by atoms with E-state index in [9.17, 15) is 0 Å². The van der Waals surface area contributed by atoms with Gasteiger partial charge >= 0.3 is 0 Å². The number of aromatic nitrogens is 2. The summed E-state index contributed by atoms with van der Waals surface area (Å²) >= 11 is 0. The van der Waals surface area contributed by atoms with E-state index >= 15 is 0 Å². The first kappa shape index (κ1) is 36.4. The highest BCUT2D eigenvalue weighted by Gasteiger charge is 2.14. The molecule has 0 saturated heterocycles. The van der Waals surface area contributed by atoms with Crippen LogP contribution in [0, 0.1) is 19.8 Å². The zero-order valence-corrected chi connectivity index (χ0v) is 28.1. The molecule has 42 heavy (non-hydrogen) atoms. The number of hydrogen-bond acceptors (Lipinski definition) is 4. The lowest BCUT2D eigenvalue weighted by Gasteiger charge is -2.13. The predicted octanol–water partition coefficient (Wildman–Crippen LogP) is 10.6. The van der Waals surface area contributed by atoms with Crippen molar-refractivity contribution in [3.8, 4) is 22.5 Å². The SMILES string of the molecule is C=C(NC)NCc1ccc2nc(-c3ccc(C)cc3)c(-c3ccc(C)cc3)nc2c1.CC.CC.CCCCC(C)CC. The molecule has 4 heteroatoms. The van der Waals surface area contributed by atoms with Crippen LogP contribution in [-0.2, 0) is 6.54 Å². The quantitative estimate of drug-likeness (QED) is 0.200. The van der Waals surface area contributed by atoms with E-state index in [1.54, 1.807) is 0 Å². The van der Waals surface area contributed by atoms with Crippen molar-refractivity contribution in [2.75, 3.05) is 7.05 Å². The Bertz CT molecular complexity index is 1310. The maximum Gasteiger partial charge on any atom is 0.0973 e. The first-order valence-corrected chi connectivity index (χ1v) is 15.9. The molecular formula is C38H56N4. The second-order valence-corrected chi connectivity index (χ2v) is 10.2. The fraction of sp³-hybridized carbons (Fsp3) is 0.421. The summed E-state index contributed by atoms with van der Waals surface area (Å²) in [5, 5.41) is 6.26. The number of aryl methyl sites for hydroxylation is 2. The topological polar surface area (TPSA) is 49.8 Å². The summed E-state index contributed by atoms with van der Waals surface area (Å²) in [5.74, 6) is 1.74. The van der Waals surface area contributed by atoms with Crippen molar-refractivity contribution in [3.05, 3.63) is 95.8 Å². The molecule has 0 radical (unpaired) electrons. The van der Waals surface area contributed by atoms with Gasteiger partial charge in [0, 0.05) is 24.7 Å². The molecule has 1 atom stereocenters. The van der Waals surface area contributed by atoms with Crippen molar-refractivity contribution in [2.45, 2.75) is 94.5 Å². The molecule has 0 spiro atoms. The van der Waals surface area contributed by atoms with E-state index < -0.39 is 0 Å². The van der Waals surface area contributed by atoms with Gasteiger partial charge in [0.05, 0.1) is 28.2 Å². The largest absolute Gasteiger partial charge is 0.375 e. The van der Waals surface area contributed by atoms with Gasteiger partial charge in [0.25, 0.3) is 0 Å². The van der Waals surface area contributed by atoms with E-state index in [0.717, 1.165) is 50.9 Å². The summed E-state index contributed by atoms with van der Waals surface area (Å²) < 4.78 is 0. The van der Waals surface area contributed by atoms with E-state index in [1.165, 1.54) is 36.8 Å². The highest BCUT2D eigenvalue weighted by atomic mass is 15.1. The summed E-state index contributed by atoms with van der Waals surface area (Å²) in [7, 11) is 1.85. The fourth-order valence-electron chi connectivity index (χ4n) is 4.09. The molecule has 3 aromatic carbocycles. The number of nitrogens with zero attached hydrogens (tertiary/aromatic N) is 2. The second kappa shape index (κ2) is 20.3. The summed E-state index contributed by atoms with van der Waals surface area (Å²) in [6.45, 7) is 23.6. The number of hydrogen-bond donors (Lipinski definition) is 2. The Balaban J connectivity index is 0.000000631. The minimum Gasteiger partial charge on any atom is -0.375 e. The Morgan fingerprint density at radius 1 is 0.762 bits per heavy atom. The summed E-state index contributed by atoms with van der Waals surface area (Å²) in [5.41, 5.74) is 9.29. The van der Waals surface area contributed by atoms with Crippen molar-refractivity contribution < 1.29 is 0 Å². The Morgan fingerprint density at radius 3 is 1.71 bits per heavy atom. The van der Waals surface area contributed by atoms with E-state index in [2.05, 4.69) is 112 Å². The fourth-order valence-corrected chi connectivity index (χ4v) is 4.09. The van der Waals surface area contributed by atoms with E-state index in [4.69, 9.17) is 9.97 Å². The molecule has 0 aliphatic rings. The molecule has 0 bridgehead atoms. The molecule has 0 aliphatic carbocycles. The third-order valence-electron chi connectivity index (χ3n) is 6.93. The van der Waals surface area contributed by atoms with Gasteiger partial charge < -0.3 is 10.6 Å². The van der Waals surface area contributed by atoms with Gasteiger partial charge in [-0.3, -0.25) is 0 Å². The monoisotopic (exact) mass is 568 g/mol.